The molecule has 0 radical (unpaired) electrons. The molecular formula is C22H22F2N4O2. The van der Waals surface area contributed by atoms with E-state index in [9.17, 15) is 18.4 Å². The van der Waals surface area contributed by atoms with Gasteiger partial charge in [-0.15, -0.1) is 0 Å². The molecule has 6 nitrogen and oxygen atoms in total. The second-order valence-corrected chi connectivity index (χ2v) is 7.46. The molecule has 2 atom stereocenters. The highest BCUT2D eigenvalue weighted by Crippen LogP contribution is 2.31. The number of hydrogen-bond acceptors (Lipinski definition) is 4. The van der Waals surface area contributed by atoms with Gasteiger partial charge in [-0.3, -0.25) is 14.6 Å². The summed E-state index contributed by atoms with van der Waals surface area (Å²) >= 11 is 0. The van der Waals surface area contributed by atoms with E-state index in [1.54, 1.807) is 18.3 Å². The summed E-state index contributed by atoms with van der Waals surface area (Å²) in [7, 11) is 0. The molecule has 1 aromatic carbocycles. The molecule has 1 N–H and O–H groups in total. The number of likely N-dealkylation sites (tertiary alicyclic amines) is 1. The fraction of sp³-hybridized carbons (Fsp3) is 0.364. The van der Waals surface area contributed by atoms with Crippen LogP contribution in [0.5, 0.6) is 0 Å². The smallest absolute Gasteiger partial charge is 0.268 e. The van der Waals surface area contributed by atoms with Crippen LogP contribution in [0.3, 0.4) is 0 Å². The van der Waals surface area contributed by atoms with Crippen molar-refractivity contribution in [2.45, 2.75) is 37.6 Å². The maximum Gasteiger partial charge on any atom is 0.268 e. The number of nitrogens with one attached hydrogen (secondary N) is 1. The molecule has 3 rings (SSSR count). The van der Waals surface area contributed by atoms with Crippen LogP contribution >= 0.6 is 0 Å². The first kappa shape index (κ1) is 21.4. The molecule has 0 spiro atoms. The van der Waals surface area contributed by atoms with Crippen LogP contribution in [0.2, 0.25) is 0 Å². The van der Waals surface area contributed by atoms with E-state index >= 15 is 0 Å². The van der Waals surface area contributed by atoms with Crippen LogP contribution in [0.15, 0.2) is 48.8 Å². The van der Waals surface area contributed by atoms with Gasteiger partial charge in [-0.05, 0) is 29.5 Å². The van der Waals surface area contributed by atoms with Crippen molar-refractivity contribution in [2.24, 2.45) is 0 Å². The second-order valence-electron chi connectivity index (χ2n) is 7.46. The number of aromatic nitrogens is 1. The van der Waals surface area contributed by atoms with Crippen molar-refractivity contribution in [3.63, 3.8) is 0 Å². The fourth-order valence-corrected chi connectivity index (χ4v) is 3.59. The second kappa shape index (κ2) is 8.99. The monoisotopic (exact) mass is 412 g/mol. The molecule has 0 saturated carbocycles. The maximum absolute atomic E-state index is 13.5. The van der Waals surface area contributed by atoms with Gasteiger partial charge in [0.25, 0.3) is 11.8 Å². The number of rotatable bonds is 6. The van der Waals surface area contributed by atoms with E-state index in [1.165, 1.54) is 6.20 Å². The Bertz CT molecular complexity index is 959. The summed E-state index contributed by atoms with van der Waals surface area (Å²) < 4.78 is 27.1. The van der Waals surface area contributed by atoms with E-state index in [-0.39, 0.29) is 5.92 Å². The van der Waals surface area contributed by atoms with E-state index in [2.05, 4.69) is 10.3 Å². The van der Waals surface area contributed by atoms with E-state index in [0.717, 1.165) is 16.0 Å². The highest BCUT2D eigenvalue weighted by Gasteiger charge is 2.47. The average Bonchev–Trinajstić information content (AvgIpc) is 3.07. The number of hydrogen-bond donors (Lipinski definition) is 1. The largest absolute Gasteiger partial charge is 0.343 e. The van der Waals surface area contributed by atoms with Crippen LogP contribution in [0, 0.1) is 11.3 Å². The number of nitrogens with zero attached hydrogens (tertiary/aromatic N) is 3. The van der Waals surface area contributed by atoms with Crippen molar-refractivity contribution in [3.8, 4) is 6.07 Å². The van der Waals surface area contributed by atoms with Crippen LogP contribution in [0.25, 0.3) is 0 Å². The summed E-state index contributed by atoms with van der Waals surface area (Å²) in [5, 5.41) is 11.5. The molecule has 0 aliphatic carbocycles. The molecule has 30 heavy (non-hydrogen) atoms. The molecule has 1 saturated heterocycles. The first-order valence-electron chi connectivity index (χ1n) is 9.63. The molecule has 156 valence electrons. The fourth-order valence-electron chi connectivity index (χ4n) is 3.59. The summed E-state index contributed by atoms with van der Waals surface area (Å²) in [4.78, 5) is 29.9. The number of carbonyl (C=O) groups excluding carboxylic acids is 2. The molecule has 2 aromatic rings. The van der Waals surface area contributed by atoms with Crippen molar-refractivity contribution in [2.75, 3.05) is 13.1 Å². The number of amides is 2. The van der Waals surface area contributed by atoms with E-state index in [1.807, 2.05) is 37.3 Å². The number of carbonyl (C=O) groups is 2. The Hall–Kier alpha value is -3.34. The first-order chi connectivity index (χ1) is 14.3. The van der Waals surface area contributed by atoms with Crippen molar-refractivity contribution < 1.29 is 18.4 Å². The zero-order chi connectivity index (χ0) is 21.7. The Labute approximate surface area is 173 Å². The van der Waals surface area contributed by atoms with Crippen molar-refractivity contribution in [3.05, 3.63) is 65.5 Å². The molecule has 1 aliphatic heterocycles. The zero-order valence-corrected chi connectivity index (χ0v) is 16.5. The molecule has 1 unspecified atom stereocenters. The van der Waals surface area contributed by atoms with Crippen LogP contribution in [-0.4, -0.2) is 46.8 Å². The molecule has 2 amide bonds. The van der Waals surface area contributed by atoms with Crippen LogP contribution in [0.4, 0.5) is 8.78 Å². The minimum Gasteiger partial charge on any atom is -0.343 e. The minimum atomic E-state index is -3.09. The van der Waals surface area contributed by atoms with E-state index in [4.69, 9.17) is 5.26 Å². The highest BCUT2D eigenvalue weighted by atomic mass is 19.3. The Morgan fingerprint density at radius 3 is 2.77 bits per heavy atom. The summed E-state index contributed by atoms with van der Waals surface area (Å²) in [6.07, 6.45) is 2.99. The number of halogens is 2. The van der Waals surface area contributed by atoms with Crippen molar-refractivity contribution in [1.82, 2.24) is 15.2 Å². The average molecular weight is 412 g/mol. The minimum absolute atomic E-state index is 0.145. The summed E-state index contributed by atoms with van der Waals surface area (Å²) in [5.74, 6) is -4.14. The van der Waals surface area contributed by atoms with Crippen molar-refractivity contribution >= 4 is 11.8 Å². The third-order valence-electron chi connectivity index (χ3n) is 5.18. The van der Waals surface area contributed by atoms with Crippen molar-refractivity contribution in [1.29, 1.82) is 5.26 Å². The Morgan fingerprint density at radius 1 is 1.33 bits per heavy atom. The normalized spacial score (nSPS) is 18.5. The van der Waals surface area contributed by atoms with Gasteiger partial charge in [0.1, 0.15) is 6.04 Å². The number of pyridine rings is 1. The SMILES string of the molecule is CC(Cc1cnccc1C(=O)NCC(=O)N1CC(F)(F)C[C@H]1C#N)c1ccccc1. The molecule has 8 heteroatoms. The van der Waals surface area contributed by atoms with Gasteiger partial charge in [0, 0.05) is 24.4 Å². The van der Waals surface area contributed by atoms with Gasteiger partial charge in [0.15, 0.2) is 0 Å². The number of alkyl halides is 2. The third-order valence-corrected chi connectivity index (χ3v) is 5.18. The Kier molecular flexibility index (Phi) is 6.40. The predicted octanol–water partition coefficient (Wildman–Crippen LogP) is 2.92. The Morgan fingerprint density at radius 2 is 2.07 bits per heavy atom. The van der Waals surface area contributed by atoms with Gasteiger partial charge < -0.3 is 10.2 Å². The highest BCUT2D eigenvalue weighted by molar-refractivity contribution is 5.97. The molecule has 2 heterocycles. The zero-order valence-electron chi connectivity index (χ0n) is 16.5. The van der Waals surface area contributed by atoms with Gasteiger partial charge >= 0.3 is 0 Å². The summed E-state index contributed by atoms with van der Waals surface area (Å²) in [6.45, 7) is 0.779. The lowest BCUT2D eigenvalue weighted by molar-refractivity contribution is -0.131. The van der Waals surface area contributed by atoms with Gasteiger partial charge in [-0.2, -0.15) is 5.26 Å². The molecule has 1 aromatic heterocycles. The molecular weight excluding hydrogens is 390 g/mol. The lowest BCUT2D eigenvalue weighted by Crippen LogP contribution is -2.43. The van der Waals surface area contributed by atoms with Gasteiger partial charge in [0.2, 0.25) is 5.91 Å². The van der Waals surface area contributed by atoms with Gasteiger partial charge in [0.05, 0.1) is 19.2 Å². The standard InChI is InChI=1S/C22H22F2N4O2/c1-15(16-5-3-2-4-6-16)9-17-12-26-8-7-19(17)21(30)27-13-20(29)28-14-22(23,24)10-18(28)11-25/h2-8,12,15,18H,9-10,13-14H2,1H3,(H,27,30)/t15?,18-/m0/s1. The van der Waals surface area contributed by atoms with Crippen LogP contribution in [0.1, 0.15) is 40.7 Å². The maximum atomic E-state index is 13.5. The quantitative estimate of drug-likeness (QED) is 0.791. The van der Waals surface area contributed by atoms with E-state index in [0.29, 0.717) is 12.0 Å². The molecule has 1 fully saturated rings. The predicted molar refractivity (Wildman–Crippen MR) is 106 cm³/mol. The number of benzene rings is 1. The van der Waals surface area contributed by atoms with E-state index < -0.39 is 43.3 Å². The van der Waals surface area contributed by atoms with Gasteiger partial charge in [-0.25, -0.2) is 8.78 Å². The van der Waals surface area contributed by atoms with Crippen LogP contribution < -0.4 is 5.32 Å². The molecule has 1 aliphatic rings. The topological polar surface area (TPSA) is 86.1 Å². The van der Waals surface area contributed by atoms with Gasteiger partial charge in [-0.1, -0.05) is 37.3 Å². The molecule has 0 bridgehead atoms. The third kappa shape index (κ3) is 4.98. The van der Waals surface area contributed by atoms with Crippen LogP contribution in [-0.2, 0) is 11.2 Å². The Balaban J connectivity index is 1.65. The lowest BCUT2D eigenvalue weighted by atomic mass is 9.92. The summed E-state index contributed by atoms with van der Waals surface area (Å²) in [6, 6.07) is 12.0. The first-order valence-corrected chi connectivity index (χ1v) is 9.63. The lowest BCUT2D eigenvalue weighted by Gasteiger charge is -2.19. The number of nitriles is 1. The summed E-state index contributed by atoms with van der Waals surface area (Å²) in [5.41, 5.74) is 2.23.